The van der Waals surface area contributed by atoms with Crippen LogP contribution in [0.5, 0.6) is 0 Å². The van der Waals surface area contributed by atoms with E-state index in [-0.39, 0.29) is 0 Å². The van der Waals surface area contributed by atoms with Gasteiger partial charge in [-0.2, -0.15) is 0 Å². The molecule has 0 bridgehead atoms. The maximum absolute atomic E-state index is 4.95. The van der Waals surface area contributed by atoms with Crippen LogP contribution in [0.25, 0.3) is 0 Å². The van der Waals surface area contributed by atoms with Gasteiger partial charge in [-0.15, -0.1) is 0 Å². The lowest BCUT2D eigenvalue weighted by molar-refractivity contribution is 0.0936. The van der Waals surface area contributed by atoms with Gasteiger partial charge in [-0.25, -0.2) is 0 Å². The van der Waals surface area contributed by atoms with Crippen LogP contribution < -0.4 is 5.32 Å². The van der Waals surface area contributed by atoms with Crippen LogP contribution in [-0.2, 0) is 4.74 Å². The second-order valence-corrected chi connectivity index (χ2v) is 4.64. The summed E-state index contributed by atoms with van der Waals surface area (Å²) < 4.78 is 4.95. The fourth-order valence-electron chi connectivity index (χ4n) is 2.13. The monoisotopic (exact) mass is 171 g/mol. The molecule has 1 fully saturated rings. The third-order valence-corrected chi connectivity index (χ3v) is 2.60. The van der Waals surface area contributed by atoms with E-state index in [2.05, 4.69) is 19.2 Å². The summed E-state index contributed by atoms with van der Waals surface area (Å²) in [6.45, 7) is 7.69. The summed E-state index contributed by atoms with van der Waals surface area (Å²) in [6, 6.07) is 0. The highest BCUT2D eigenvalue weighted by molar-refractivity contribution is 4.87. The highest BCUT2D eigenvalue weighted by atomic mass is 16.5. The van der Waals surface area contributed by atoms with E-state index in [9.17, 15) is 0 Å². The smallest absolute Gasteiger partial charge is 0.0587 e. The van der Waals surface area contributed by atoms with Gasteiger partial charge in [0.15, 0.2) is 0 Å². The van der Waals surface area contributed by atoms with Gasteiger partial charge in [0.1, 0.15) is 0 Å². The molecule has 0 radical (unpaired) electrons. The van der Waals surface area contributed by atoms with Crippen LogP contribution in [0.15, 0.2) is 0 Å². The lowest BCUT2D eigenvalue weighted by Gasteiger charge is -2.42. The molecule has 0 saturated heterocycles. The molecular weight excluding hydrogens is 150 g/mol. The fraction of sp³-hybridized carbons (Fsp3) is 1.00. The minimum Gasteiger partial charge on any atom is -0.383 e. The van der Waals surface area contributed by atoms with Crippen molar-refractivity contribution in [2.24, 2.45) is 11.3 Å². The molecule has 2 heteroatoms. The summed E-state index contributed by atoms with van der Waals surface area (Å²) in [4.78, 5) is 0. The van der Waals surface area contributed by atoms with Crippen molar-refractivity contribution >= 4 is 0 Å². The molecule has 0 aromatic rings. The number of nitrogens with one attached hydrogen (secondary N) is 1. The minimum absolute atomic E-state index is 0.619. The van der Waals surface area contributed by atoms with E-state index in [1.807, 2.05) is 0 Å². The summed E-state index contributed by atoms with van der Waals surface area (Å²) in [5.74, 6) is 0.914. The standard InChI is InChI=1S/C10H21NO/c1-10(2)6-9(7-10)8-11-4-5-12-3/h9,11H,4-8H2,1-3H3. The highest BCUT2D eigenvalue weighted by Gasteiger charge is 2.35. The van der Waals surface area contributed by atoms with Gasteiger partial charge in [0.25, 0.3) is 0 Å². The van der Waals surface area contributed by atoms with Crippen molar-refractivity contribution in [3.8, 4) is 0 Å². The molecule has 1 aliphatic carbocycles. The molecule has 12 heavy (non-hydrogen) atoms. The lowest BCUT2D eigenvalue weighted by atomic mass is 9.64. The molecule has 1 N–H and O–H groups in total. The molecule has 1 aliphatic rings. The van der Waals surface area contributed by atoms with E-state index >= 15 is 0 Å². The third-order valence-electron chi connectivity index (χ3n) is 2.60. The molecule has 0 spiro atoms. The van der Waals surface area contributed by atoms with Crippen LogP contribution >= 0.6 is 0 Å². The maximum Gasteiger partial charge on any atom is 0.0587 e. The van der Waals surface area contributed by atoms with E-state index in [1.165, 1.54) is 19.4 Å². The predicted molar refractivity (Wildman–Crippen MR) is 51.3 cm³/mol. The zero-order valence-corrected chi connectivity index (χ0v) is 8.52. The van der Waals surface area contributed by atoms with E-state index in [0.29, 0.717) is 5.41 Å². The molecule has 0 heterocycles. The Labute approximate surface area is 75.7 Å². The Morgan fingerprint density at radius 1 is 1.42 bits per heavy atom. The van der Waals surface area contributed by atoms with E-state index in [4.69, 9.17) is 4.74 Å². The molecule has 0 unspecified atom stereocenters. The predicted octanol–water partition coefficient (Wildman–Crippen LogP) is 1.66. The second kappa shape index (κ2) is 4.24. The Kier molecular flexibility index (Phi) is 3.53. The Bertz CT molecular complexity index is 126. The molecule has 1 rings (SSSR count). The Morgan fingerprint density at radius 2 is 2.08 bits per heavy atom. The van der Waals surface area contributed by atoms with Crippen molar-refractivity contribution in [1.82, 2.24) is 5.32 Å². The zero-order valence-electron chi connectivity index (χ0n) is 8.52. The van der Waals surface area contributed by atoms with Gasteiger partial charge < -0.3 is 10.1 Å². The van der Waals surface area contributed by atoms with Gasteiger partial charge in [-0.05, 0) is 30.7 Å². The van der Waals surface area contributed by atoms with Gasteiger partial charge in [0.2, 0.25) is 0 Å². The normalized spacial score (nSPS) is 22.2. The second-order valence-electron chi connectivity index (χ2n) is 4.64. The summed E-state index contributed by atoms with van der Waals surface area (Å²) >= 11 is 0. The first-order valence-electron chi connectivity index (χ1n) is 4.84. The van der Waals surface area contributed by atoms with Crippen molar-refractivity contribution in [3.63, 3.8) is 0 Å². The van der Waals surface area contributed by atoms with Gasteiger partial charge in [0.05, 0.1) is 6.61 Å². The van der Waals surface area contributed by atoms with Crippen molar-refractivity contribution < 1.29 is 4.74 Å². The average Bonchev–Trinajstić information content (AvgIpc) is 1.94. The van der Waals surface area contributed by atoms with Gasteiger partial charge in [-0.1, -0.05) is 13.8 Å². The quantitative estimate of drug-likeness (QED) is 0.635. The number of ether oxygens (including phenoxy) is 1. The first kappa shape index (κ1) is 10.0. The van der Waals surface area contributed by atoms with Crippen LogP contribution in [-0.4, -0.2) is 26.8 Å². The highest BCUT2D eigenvalue weighted by Crippen LogP contribution is 2.44. The number of rotatable bonds is 5. The topological polar surface area (TPSA) is 21.3 Å². The molecule has 1 saturated carbocycles. The Balaban J connectivity index is 1.90. The number of methoxy groups -OCH3 is 1. The van der Waals surface area contributed by atoms with Gasteiger partial charge in [-0.3, -0.25) is 0 Å². The van der Waals surface area contributed by atoms with Crippen LogP contribution in [0.1, 0.15) is 26.7 Å². The van der Waals surface area contributed by atoms with E-state index in [1.54, 1.807) is 7.11 Å². The fourth-order valence-corrected chi connectivity index (χ4v) is 2.13. The van der Waals surface area contributed by atoms with Crippen LogP contribution in [0.4, 0.5) is 0 Å². The number of hydrogen-bond donors (Lipinski definition) is 1. The molecule has 0 aromatic heterocycles. The maximum atomic E-state index is 4.95. The molecular formula is C10H21NO. The van der Waals surface area contributed by atoms with Crippen molar-refractivity contribution in [3.05, 3.63) is 0 Å². The first-order valence-corrected chi connectivity index (χ1v) is 4.84. The minimum atomic E-state index is 0.619. The molecule has 72 valence electrons. The summed E-state index contributed by atoms with van der Waals surface area (Å²) in [7, 11) is 1.74. The van der Waals surface area contributed by atoms with Crippen LogP contribution in [0.2, 0.25) is 0 Å². The van der Waals surface area contributed by atoms with Gasteiger partial charge >= 0.3 is 0 Å². The lowest BCUT2D eigenvalue weighted by Crippen LogP contribution is -2.38. The van der Waals surface area contributed by atoms with E-state index in [0.717, 1.165) is 19.1 Å². The third kappa shape index (κ3) is 3.11. The molecule has 0 amide bonds. The Hall–Kier alpha value is -0.0800. The average molecular weight is 171 g/mol. The molecule has 0 aromatic carbocycles. The summed E-state index contributed by atoms with van der Waals surface area (Å²) in [5, 5.41) is 3.40. The van der Waals surface area contributed by atoms with Crippen LogP contribution in [0.3, 0.4) is 0 Å². The largest absolute Gasteiger partial charge is 0.383 e. The Morgan fingerprint density at radius 3 is 2.58 bits per heavy atom. The van der Waals surface area contributed by atoms with Crippen molar-refractivity contribution in [2.45, 2.75) is 26.7 Å². The molecule has 0 aliphatic heterocycles. The van der Waals surface area contributed by atoms with Crippen molar-refractivity contribution in [1.29, 1.82) is 0 Å². The zero-order chi connectivity index (χ0) is 9.03. The SMILES string of the molecule is COCCNCC1CC(C)(C)C1. The molecule has 0 atom stereocenters. The first-order chi connectivity index (χ1) is 5.64. The number of hydrogen-bond acceptors (Lipinski definition) is 2. The summed E-state index contributed by atoms with van der Waals surface area (Å²) in [5.41, 5.74) is 0.619. The van der Waals surface area contributed by atoms with Crippen LogP contribution in [0, 0.1) is 11.3 Å². The summed E-state index contributed by atoms with van der Waals surface area (Å²) in [6.07, 6.45) is 2.76. The van der Waals surface area contributed by atoms with E-state index < -0.39 is 0 Å². The van der Waals surface area contributed by atoms with Crippen molar-refractivity contribution in [2.75, 3.05) is 26.8 Å². The molecule has 2 nitrogen and oxygen atoms in total. The van der Waals surface area contributed by atoms with Gasteiger partial charge in [0, 0.05) is 13.7 Å².